The Hall–Kier alpha value is -16.7. The van der Waals surface area contributed by atoms with Gasteiger partial charge in [-0.1, -0.05) is 279 Å². The maximum absolute atomic E-state index is 2.62. The minimum Gasteiger partial charge on any atom is -0.310 e. The zero-order chi connectivity index (χ0) is 80.7. The lowest BCUT2D eigenvalue weighted by Crippen LogP contribution is -2.13. The van der Waals surface area contributed by atoms with Crippen LogP contribution in [-0.4, -0.2) is 17.6 Å². The fourth-order valence-corrected chi connectivity index (χ4v) is 22.4. The molecule has 574 valence electrons. The molecule has 0 aliphatic carbocycles. The number of rotatable bonds is 13. The standard InChI is InChI=1S/C116H70N8/c1-8-33-72(34-9-1)117(73-35-10-2-11-36-73)98-66-64-87-85-62-60-84-83(111(85)123-95-57-26-23-49-89(95)107(98)115(87)123)61-63-86-88-65-67-99(108-90-50-24-27-58-96(90)124(112(84)86)116(88)108)120(78-45-20-7-21-46-78)79-47-28-32-71(68-79)80-51-31-59-97-104(80)91-53-30-55-93-106-101(122(97)114(91)93)70-103(119(76-41-16-5-17-42-76)77-43-18-6-19-44-77)109-105-92-54-29-52-82-81-48-22-25-56-94(81)121(113(82)92)100(105)69-102(110(106)109)118(74-37-12-3-13-38-74)75-39-14-4-15-40-75/h1-70H. The van der Waals surface area contributed by atoms with Crippen molar-refractivity contribution in [3.63, 3.8) is 0 Å². The molecule has 0 atom stereocenters. The Labute approximate surface area is 710 Å². The van der Waals surface area contributed by atoms with Crippen molar-refractivity contribution in [2.45, 2.75) is 0 Å². The first-order valence-corrected chi connectivity index (χ1v) is 42.8. The van der Waals surface area contributed by atoms with Gasteiger partial charge in [0.25, 0.3) is 0 Å². The van der Waals surface area contributed by atoms with Crippen LogP contribution in [0.1, 0.15) is 0 Å². The summed E-state index contributed by atoms with van der Waals surface area (Å²) in [7, 11) is 0. The first-order valence-electron chi connectivity index (χ1n) is 42.8. The Balaban J connectivity index is 0.674. The van der Waals surface area contributed by atoms with E-state index in [1.165, 1.54) is 157 Å². The fraction of sp³-hybridized carbons (Fsp3) is 0. The zero-order valence-electron chi connectivity index (χ0n) is 67.0. The summed E-state index contributed by atoms with van der Waals surface area (Å²) in [6.07, 6.45) is 0. The Morgan fingerprint density at radius 2 is 0.411 bits per heavy atom. The highest BCUT2D eigenvalue weighted by Crippen LogP contribution is 2.59. The minimum atomic E-state index is 1.06. The van der Waals surface area contributed by atoms with Crippen molar-refractivity contribution in [3.8, 4) is 11.1 Å². The normalized spacial score (nSPS) is 12.4. The van der Waals surface area contributed by atoms with Gasteiger partial charge in [0.05, 0.1) is 88.9 Å². The molecule has 0 saturated carbocycles. The lowest BCUT2D eigenvalue weighted by atomic mass is 9.93. The quantitative estimate of drug-likeness (QED) is 0.115. The van der Waals surface area contributed by atoms with E-state index in [1.807, 2.05) is 0 Å². The molecule has 0 unspecified atom stereocenters. The summed E-state index contributed by atoms with van der Waals surface area (Å²) in [5.41, 5.74) is 29.6. The van der Waals surface area contributed by atoms with Crippen LogP contribution >= 0.6 is 0 Å². The van der Waals surface area contributed by atoms with Crippen molar-refractivity contribution in [1.29, 1.82) is 0 Å². The predicted octanol–water partition coefficient (Wildman–Crippen LogP) is 32.1. The van der Waals surface area contributed by atoms with Crippen LogP contribution < -0.4 is 19.6 Å². The third-order valence-corrected chi connectivity index (χ3v) is 27.1. The third kappa shape index (κ3) is 9.03. The van der Waals surface area contributed by atoms with Crippen LogP contribution in [0.4, 0.5) is 68.2 Å². The molecule has 0 bridgehead atoms. The molecule has 0 aliphatic heterocycles. The van der Waals surface area contributed by atoms with Crippen LogP contribution in [-0.2, 0) is 0 Å². The second-order valence-electron chi connectivity index (χ2n) is 33.3. The second kappa shape index (κ2) is 25.4. The van der Waals surface area contributed by atoms with E-state index in [4.69, 9.17) is 0 Å². The Bertz CT molecular complexity index is 9120. The van der Waals surface area contributed by atoms with Crippen molar-refractivity contribution in [3.05, 3.63) is 425 Å². The van der Waals surface area contributed by atoms with Gasteiger partial charge in [-0.15, -0.1) is 0 Å². The summed E-state index contributed by atoms with van der Waals surface area (Å²) >= 11 is 0. The van der Waals surface area contributed by atoms with E-state index >= 15 is 0 Å². The van der Waals surface area contributed by atoms with Gasteiger partial charge in [-0.25, -0.2) is 0 Å². The van der Waals surface area contributed by atoms with Crippen LogP contribution in [0.2, 0.25) is 0 Å². The number of aromatic nitrogens is 4. The monoisotopic (exact) mass is 1570 g/mol. The number of para-hydroxylation sites is 12. The summed E-state index contributed by atoms with van der Waals surface area (Å²) in [5, 5.41) is 24.3. The van der Waals surface area contributed by atoms with Gasteiger partial charge < -0.3 is 37.2 Å². The summed E-state index contributed by atoms with van der Waals surface area (Å²) in [6, 6.07) is 158. The summed E-state index contributed by atoms with van der Waals surface area (Å²) < 4.78 is 10.4. The van der Waals surface area contributed by atoms with E-state index in [9.17, 15) is 0 Å². The number of benzene rings is 20. The van der Waals surface area contributed by atoms with E-state index in [-0.39, 0.29) is 0 Å². The third-order valence-electron chi connectivity index (χ3n) is 27.1. The first kappa shape index (κ1) is 67.2. The van der Waals surface area contributed by atoms with E-state index < -0.39 is 0 Å². The predicted molar refractivity (Wildman–Crippen MR) is 524 cm³/mol. The van der Waals surface area contributed by atoms with E-state index in [2.05, 4.69) is 462 Å². The molecule has 0 aliphatic rings. The van der Waals surface area contributed by atoms with Gasteiger partial charge in [-0.3, -0.25) is 0 Å². The molecule has 0 spiro atoms. The smallest absolute Gasteiger partial charge is 0.0641 e. The van der Waals surface area contributed by atoms with E-state index in [0.29, 0.717) is 0 Å². The van der Waals surface area contributed by atoms with Gasteiger partial charge in [0.15, 0.2) is 0 Å². The molecule has 28 aromatic rings. The van der Waals surface area contributed by atoms with Crippen LogP contribution in [0.3, 0.4) is 0 Å². The molecule has 0 amide bonds. The number of hydrogen-bond acceptors (Lipinski definition) is 4. The Kier molecular flexibility index (Phi) is 13.8. The molecule has 8 heteroatoms. The van der Waals surface area contributed by atoms with Gasteiger partial charge in [0, 0.05) is 153 Å². The highest BCUT2D eigenvalue weighted by atomic mass is 15.2. The maximum Gasteiger partial charge on any atom is 0.0641 e. The average Bonchev–Trinajstić information content (AvgIpc) is 1.50. The van der Waals surface area contributed by atoms with Crippen LogP contribution in [0.25, 0.3) is 185 Å². The summed E-state index contributed by atoms with van der Waals surface area (Å²) in [6.45, 7) is 0. The van der Waals surface area contributed by atoms with Crippen LogP contribution in [0.5, 0.6) is 0 Å². The number of nitrogens with zero attached hydrogens (tertiary/aromatic N) is 8. The average molecular weight is 1580 g/mol. The van der Waals surface area contributed by atoms with Crippen LogP contribution in [0.15, 0.2) is 425 Å². The van der Waals surface area contributed by atoms with Crippen LogP contribution in [0, 0.1) is 0 Å². The van der Waals surface area contributed by atoms with Gasteiger partial charge in [-0.05, 0) is 157 Å². The zero-order valence-corrected chi connectivity index (χ0v) is 67.0. The molecule has 0 fully saturated rings. The highest BCUT2D eigenvalue weighted by molar-refractivity contribution is 6.41. The topological polar surface area (TPSA) is 30.6 Å². The molecule has 0 N–H and O–H groups in total. The number of fused-ring (bicyclic) bond motifs is 30. The SMILES string of the molecule is c1ccc(N(c2ccccc2)c2cc3c(c4cccc5c6c(-c7cccc(N(c8ccccc8)c8ccc9c%10ccc%11c(ccc%12c%13ccc(N(c%14ccccc%14)c%14ccccc%14)c%14c%15ccccc%15n(c%11%12)c%13%14)c%10n%10c%11ccccc%11c8c9%10)c7)cccc6n3c54)c3c(N(c4ccccc4)c4ccccc4)cc4c(c5cccc6c7ccccc7n4c65)c23)cc1. The van der Waals surface area contributed by atoms with E-state index in [1.54, 1.807) is 0 Å². The maximum atomic E-state index is 2.62. The highest BCUT2D eigenvalue weighted by Gasteiger charge is 2.34. The van der Waals surface area contributed by atoms with E-state index in [0.717, 1.165) is 95.9 Å². The Morgan fingerprint density at radius 3 is 0.839 bits per heavy atom. The fourth-order valence-electron chi connectivity index (χ4n) is 22.4. The summed E-state index contributed by atoms with van der Waals surface area (Å²) in [5.74, 6) is 0. The molecule has 8 nitrogen and oxygen atoms in total. The summed E-state index contributed by atoms with van der Waals surface area (Å²) in [4.78, 5) is 9.97. The number of anilines is 12. The lowest BCUT2D eigenvalue weighted by molar-refractivity contribution is 1.28. The second-order valence-corrected chi connectivity index (χ2v) is 33.3. The van der Waals surface area contributed by atoms with Crippen molar-refractivity contribution >= 4 is 242 Å². The van der Waals surface area contributed by atoms with Gasteiger partial charge >= 0.3 is 0 Å². The molecule has 8 aromatic heterocycles. The lowest BCUT2D eigenvalue weighted by Gasteiger charge is -2.31. The van der Waals surface area contributed by atoms with Gasteiger partial charge in [0.1, 0.15) is 0 Å². The molecule has 28 rings (SSSR count). The molecule has 0 saturated heterocycles. The van der Waals surface area contributed by atoms with Gasteiger partial charge in [0.2, 0.25) is 0 Å². The molecule has 20 aromatic carbocycles. The van der Waals surface area contributed by atoms with Crippen molar-refractivity contribution in [2.24, 2.45) is 0 Å². The molecule has 8 heterocycles. The largest absolute Gasteiger partial charge is 0.310 e. The molecular weight excluding hydrogens is 1510 g/mol. The number of hydrogen-bond donors (Lipinski definition) is 0. The van der Waals surface area contributed by atoms with Crippen molar-refractivity contribution in [1.82, 2.24) is 17.6 Å². The molecular formula is C116H70N8. The first-order chi connectivity index (χ1) is 61.6. The molecule has 0 radical (unpaired) electrons. The molecule has 124 heavy (non-hydrogen) atoms. The van der Waals surface area contributed by atoms with Crippen molar-refractivity contribution in [2.75, 3.05) is 19.6 Å². The van der Waals surface area contributed by atoms with Crippen molar-refractivity contribution < 1.29 is 0 Å². The van der Waals surface area contributed by atoms with Gasteiger partial charge in [-0.2, -0.15) is 0 Å². The Morgan fingerprint density at radius 1 is 0.137 bits per heavy atom. The minimum absolute atomic E-state index is 1.06.